The third-order valence-corrected chi connectivity index (χ3v) is 3.62. The second kappa shape index (κ2) is 8.31. The Morgan fingerprint density at radius 1 is 1.25 bits per heavy atom. The second-order valence-corrected chi connectivity index (χ2v) is 5.36. The summed E-state index contributed by atoms with van der Waals surface area (Å²) in [4.78, 5) is 34.1. The molecule has 1 aromatic rings. The molecule has 0 aliphatic rings. The van der Waals surface area contributed by atoms with E-state index >= 15 is 0 Å². The zero-order valence-corrected chi connectivity index (χ0v) is 11.7. The molecule has 0 unspecified atom stereocenters. The average molecular weight is 299 g/mol. The van der Waals surface area contributed by atoms with Crippen molar-refractivity contribution in [3.8, 4) is 0 Å². The topological polar surface area (TPSA) is 104 Å². The maximum atomic E-state index is 11.6. The van der Waals surface area contributed by atoms with Gasteiger partial charge in [-0.1, -0.05) is 6.07 Å². The van der Waals surface area contributed by atoms with Gasteiger partial charge in [0.05, 0.1) is 0 Å². The lowest BCUT2D eigenvalue weighted by Crippen LogP contribution is -2.41. The van der Waals surface area contributed by atoms with Crippen LogP contribution in [0.1, 0.15) is 30.6 Å². The lowest BCUT2D eigenvalue weighted by Gasteiger charge is -2.13. The molecule has 3 N–H and O–H groups in total. The van der Waals surface area contributed by atoms with Crippen molar-refractivity contribution in [2.45, 2.75) is 38.1 Å². The van der Waals surface area contributed by atoms with Crippen molar-refractivity contribution in [1.29, 1.82) is 0 Å². The van der Waals surface area contributed by atoms with E-state index < -0.39 is 18.0 Å². The number of carbonyl (C=O) groups is 3. The summed E-state index contributed by atoms with van der Waals surface area (Å²) in [6.45, 7) is 0. The van der Waals surface area contributed by atoms with Crippen molar-refractivity contribution < 1.29 is 24.6 Å². The number of nitrogens with one attached hydrogen (secondary N) is 1. The molecular weight excluding hydrogens is 282 g/mol. The molecule has 110 valence electrons. The molecule has 1 heterocycles. The number of amides is 1. The Hall–Kier alpha value is -1.89. The van der Waals surface area contributed by atoms with Crippen molar-refractivity contribution >= 4 is 29.2 Å². The molecule has 7 heteroatoms. The number of aryl methyl sites for hydroxylation is 1. The first-order valence-corrected chi connectivity index (χ1v) is 7.13. The van der Waals surface area contributed by atoms with E-state index in [1.165, 1.54) is 4.88 Å². The molecule has 0 spiro atoms. The quantitative estimate of drug-likeness (QED) is 0.641. The van der Waals surface area contributed by atoms with E-state index in [-0.39, 0.29) is 25.2 Å². The minimum Gasteiger partial charge on any atom is -0.481 e. The zero-order valence-electron chi connectivity index (χ0n) is 10.9. The Balaban J connectivity index is 2.30. The monoisotopic (exact) mass is 299 g/mol. The van der Waals surface area contributed by atoms with Gasteiger partial charge in [-0.05, 0) is 30.7 Å². The SMILES string of the molecule is O=C(O)CC[C@H](NC(=O)CCCc1cccs1)C(=O)O. The van der Waals surface area contributed by atoms with Crippen molar-refractivity contribution in [2.75, 3.05) is 0 Å². The molecule has 1 amide bonds. The highest BCUT2D eigenvalue weighted by molar-refractivity contribution is 7.09. The molecule has 0 aliphatic heterocycles. The molecule has 0 radical (unpaired) electrons. The lowest BCUT2D eigenvalue weighted by molar-refractivity contribution is -0.143. The number of carboxylic acid groups (broad SMARTS) is 2. The van der Waals surface area contributed by atoms with Crippen molar-refractivity contribution in [3.63, 3.8) is 0 Å². The van der Waals surface area contributed by atoms with Crippen LogP contribution in [0.4, 0.5) is 0 Å². The van der Waals surface area contributed by atoms with Gasteiger partial charge in [0.15, 0.2) is 0 Å². The van der Waals surface area contributed by atoms with Crippen LogP contribution in [-0.2, 0) is 20.8 Å². The molecule has 0 aromatic carbocycles. The van der Waals surface area contributed by atoms with E-state index in [0.717, 1.165) is 6.42 Å². The van der Waals surface area contributed by atoms with Crippen LogP contribution in [0, 0.1) is 0 Å². The summed E-state index contributed by atoms with van der Waals surface area (Å²) in [6.07, 6.45) is 1.25. The van der Waals surface area contributed by atoms with Crippen LogP contribution in [0.25, 0.3) is 0 Å². The highest BCUT2D eigenvalue weighted by Gasteiger charge is 2.20. The first-order chi connectivity index (χ1) is 9.49. The largest absolute Gasteiger partial charge is 0.481 e. The van der Waals surface area contributed by atoms with E-state index in [1.54, 1.807) is 11.3 Å². The molecule has 1 atom stereocenters. The molecular formula is C13H17NO5S. The zero-order chi connectivity index (χ0) is 15.0. The lowest BCUT2D eigenvalue weighted by atomic mass is 10.1. The highest BCUT2D eigenvalue weighted by Crippen LogP contribution is 2.12. The number of rotatable bonds is 9. The van der Waals surface area contributed by atoms with Gasteiger partial charge in [-0.15, -0.1) is 11.3 Å². The number of hydrogen-bond acceptors (Lipinski definition) is 4. The Morgan fingerprint density at radius 3 is 2.55 bits per heavy atom. The van der Waals surface area contributed by atoms with Gasteiger partial charge in [-0.3, -0.25) is 9.59 Å². The standard InChI is InChI=1S/C13H17NO5S/c15-11(5-1-3-9-4-2-8-20-9)14-10(13(18)19)6-7-12(16)17/h2,4,8,10H,1,3,5-7H2,(H,14,15)(H,16,17)(H,18,19)/t10-/m0/s1. The van der Waals surface area contributed by atoms with E-state index in [1.807, 2.05) is 17.5 Å². The van der Waals surface area contributed by atoms with Gasteiger partial charge in [-0.25, -0.2) is 4.79 Å². The predicted molar refractivity (Wildman–Crippen MR) is 73.7 cm³/mol. The fourth-order valence-corrected chi connectivity index (χ4v) is 2.42. The number of carbonyl (C=O) groups excluding carboxylic acids is 1. The van der Waals surface area contributed by atoms with E-state index in [0.29, 0.717) is 6.42 Å². The third-order valence-electron chi connectivity index (χ3n) is 2.69. The van der Waals surface area contributed by atoms with Crippen LogP contribution in [0.15, 0.2) is 17.5 Å². The number of hydrogen-bond donors (Lipinski definition) is 3. The van der Waals surface area contributed by atoms with Crippen LogP contribution >= 0.6 is 11.3 Å². The molecule has 0 saturated heterocycles. The fourth-order valence-electron chi connectivity index (χ4n) is 1.67. The van der Waals surface area contributed by atoms with E-state index in [9.17, 15) is 14.4 Å². The molecule has 1 aromatic heterocycles. The van der Waals surface area contributed by atoms with Crippen molar-refractivity contribution in [2.24, 2.45) is 0 Å². The minimum absolute atomic E-state index is 0.110. The first-order valence-electron chi connectivity index (χ1n) is 6.25. The summed E-state index contributed by atoms with van der Waals surface area (Å²) in [7, 11) is 0. The Kier molecular flexibility index (Phi) is 6.72. The Labute approximate surface area is 120 Å². The highest BCUT2D eigenvalue weighted by atomic mass is 32.1. The summed E-state index contributed by atoms with van der Waals surface area (Å²) in [5.41, 5.74) is 0. The third kappa shape index (κ3) is 6.33. The number of thiophene rings is 1. The first kappa shape index (κ1) is 16.2. The average Bonchev–Trinajstić information content (AvgIpc) is 2.87. The van der Waals surface area contributed by atoms with Gasteiger partial charge in [0.2, 0.25) is 5.91 Å². The number of aliphatic carboxylic acids is 2. The number of carboxylic acids is 2. The van der Waals surface area contributed by atoms with Crippen LogP contribution in [0.5, 0.6) is 0 Å². The minimum atomic E-state index is -1.21. The maximum Gasteiger partial charge on any atom is 0.326 e. The van der Waals surface area contributed by atoms with E-state index in [2.05, 4.69) is 5.32 Å². The molecule has 0 bridgehead atoms. The van der Waals surface area contributed by atoms with Gasteiger partial charge in [0.25, 0.3) is 0 Å². The Morgan fingerprint density at radius 2 is 2.00 bits per heavy atom. The smallest absolute Gasteiger partial charge is 0.326 e. The molecule has 6 nitrogen and oxygen atoms in total. The van der Waals surface area contributed by atoms with Crippen molar-refractivity contribution in [3.05, 3.63) is 22.4 Å². The summed E-state index contributed by atoms with van der Waals surface area (Å²) in [5.74, 6) is -2.65. The predicted octanol–water partition coefficient (Wildman–Crippen LogP) is 1.50. The normalized spacial score (nSPS) is 11.8. The maximum absolute atomic E-state index is 11.6. The van der Waals surface area contributed by atoms with Gasteiger partial charge >= 0.3 is 11.9 Å². The molecule has 0 saturated carbocycles. The fraction of sp³-hybridized carbons (Fsp3) is 0.462. The van der Waals surface area contributed by atoms with Gasteiger partial charge in [0.1, 0.15) is 6.04 Å². The van der Waals surface area contributed by atoms with Gasteiger partial charge in [-0.2, -0.15) is 0 Å². The van der Waals surface area contributed by atoms with E-state index in [4.69, 9.17) is 10.2 Å². The van der Waals surface area contributed by atoms with Gasteiger partial charge < -0.3 is 15.5 Å². The second-order valence-electron chi connectivity index (χ2n) is 4.32. The molecule has 1 rings (SSSR count). The molecule has 0 aliphatic carbocycles. The molecule has 0 fully saturated rings. The summed E-state index contributed by atoms with van der Waals surface area (Å²) >= 11 is 1.61. The summed E-state index contributed by atoms with van der Waals surface area (Å²) < 4.78 is 0. The van der Waals surface area contributed by atoms with Crippen LogP contribution in [0.2, 0.25) is 0 Å². The van der Waals surface area contributed by atoms with Crippen LogP contribution < -0.4 is 5.32 Å². The molecule has 20 heavy (non-hydrogen) atoms. The van der Waals surface area contributed by atoms with Crippen LogP contribution in [-0.4, -0.2) is 34.1 Å². The van der Waals surface area contributed by atoms with Crippen molar-refractivity contribution in [1.82, 2.24) is 5.32 Å². The van der Waals surface area contributed by atoms with Gasteiger partial charge in [0, 0.05) is 17.7 Å². The van der Waals surface area contributed by atoms with Crippen LogP contribution in [0.3, 0.4) is 0 Å². The summed E-state index contributed by atoms with van der Waals surface area (Å²) in [6, 6.07) is 2.78. The Bertz CT molecular complexity index is 457. The summed E-state index contributed by atoms with van der Waals surface area (Å²) in [5, 5.41) is 21.7.